The van der Waals surface area contributed by atoms with Crippen molar-refractivity contribution in [2.24, 2.45) is 5.73 Å². The minimum atomic E-state index is -0.243. The van der Waals surface area contributed by atoms with Crippen molar-refractivity contribution in [1.29, 1.82) is 0 Å². The fourth-order valence-electron chi connectivity index (χ4n) is 1.78. The minimum Gasteiger partial charge on any atom is -0.487 e. The van der Waals surface area contributed by atoms with Crippen LogP contribution >= 0.6 is 0 Å². The molecule has 2 aromatic rings. The van der Waals surface area contributed by atoms with Crippen LogP contribution in [0.15, 0.2) is 42.6 Å². The Bertz CT molecular complexity index is 525. The highest BCUT2D eigenvalue weighted by atomic mass is 19.1. The molecule has 1 heterocycles. The van der Waals surface area contributed by atoms with E-state index >= 15 is 0 Å². The number of halogens is 1. The maximum Gasteiger partial charge on any atom is 0.138 e. The van der Waals surface area contributed by atoms with Crippen molar-refractivity contribution in [3.05, 3.63) is 59.7 Å². The average Bonchev–Trinajstić information content (AvgIpc) is 2.48. The molecule has 0 aliphatic carbocycles. The van der Waals surface area contributed by atoms with Gasteiger partial charge in [-0.25, -0.2) is 4.39 Å². The van der Waals surface area contributed by atoms with Crippen LogP contribution < -0.4 is 10.5 Å². The molecule has 0 saturated heterocycles. The third-order valence-electron chi connectivity index (χ3n) is 3.11. The van der Waals surface area contributed by atoms with Gasteiger partial charge in [0.2, 0.25) is 0 Å². The van der Waals surface area contributed by atoms with E-state index in [1.165, 1.54) is 12.1 Å². The summed E-state index contributed by atoms with van der Waals surface area (Å²) in [5.74, 6) is 0.454. The number of ether oxygens (including phenoxy) is 1. The smallest absolute Gasteiger partial charge is 0.138 e. The van der Waals surface area contributed by atoms with Crippen LogP contribution in [0.25, 0.3) is 0 Å². The molecular weight excluding hydrogens is 255 g/mol. The van der Waals surface area contributed by atoms with Crippen molar-refractivity contribution in [3.8, 4) is 5.75 Å². The molecular formula is C16H19FN2O. The lowest BCUT2D eigenvalue weighted by Crippen LogP contribution is -2.21. The van der Waals surface area contributed by atoms with E-state index < -0.39 is 0 Å². The van der Waals surface area contributed by atoms with Crippen LogP contribution in [0.1, 0.15) is 24.6 Å². The number of nitrogens with zero attached hydrogens (tertiary/aromatic N) is 1. The molecule has 0 aliphatic rings. The number of hydrogen-bond acceptors (Lipinski definition) is 3. The standard InChI is InChI=1S/C16H19FN2O/c1-2-14(18)9-15-7-8-16(10-19-15)20-11-12-3-5-13(17)6-4-12/h3-8,10,14H,2,9,11,18H2,1H3. The Labute approximate surface area is 118 Å². The minimum absolute atomic E-state index is 0.147. The first kappa shape index (κ1) is 14.5. The van der Waals surface area contributed by atoms with Crippen LogP contribution in [0.4, 0.5) is 4.39 Å². The zero-order valence-electron chi connectivity index (χ0n) is 11.6. The van der Waals surface area contributed by atoms with Crippen LogP contribution in [-0.2, 0) is 13.0 Å². The SMILES string of the molecule is CCC(N)Cc1ccc(OCc2ccc(F)cc2)cn1. The largest absolute Gasteiger partial charge is 0.487 e. The molecule has 0 aliphatic heterocycles. The van der Waals surface area contributed by atoms with Crippen LogP contribution in [0, 0.1) is 5.82 Å². The molecule has 3 nitrogen and oxygen atoms in total. The lowest BCUT2D eigenvalue weighted by atomic mass is 10.1. The Morgan fingerprint density at radius 2 is 1.95 bits per heavy atom. The monoisotopic (exact) mass is 274 g/mol. The van der Waals surface area contributed by atoms with Gasteiger partial charge in [-0.1, -0.05) is 19.1 Å². The molecule has 2 N–H and O–H groups in total. The average molecular weight is 274 g/mol. The van der Waals surface area contributed by atoms with Crippen LogP contribution in [0.3, 0.4) is 0 Å². The Morgan fingerprint density at radius 1 is 1.20 bits per heavy atom. The Balaban J connectivity index is 1.89. The molecule has 1 unspecified atom stereocenters. The second-order valence-corrected chi connectivity index (χ2v) is 4.77. The number of hydrogen-bond donors (Lipinski definition) is 1. The van der Waals surface area contributed by atoms with Crippen molar-refractivity contribution in [2.45, 2.75) is 32.4 Å². The van der Waals surface area contributed by atoms with E-state index in [2.05, 4.69) is 11.9 Å². The molecule has 1 atom stereocenters. The zero-order chi connectivity index (χ0) is 14.4. The molecule has 0 saturated carbocycles. The van der Waals surface area contributed by atoms with Gasteiger partial charge in [-0.05, 0) is 36.2 Å². The predicted molar refractivity (Wildman–Crippen MR) is 76.9 cm³/mol. The second-order valence-electron chi connectivity index (χ2n) is 4.77. The van der Waals surface area contributed by atoms with Crippen molar-refractivity contribution in [3.63, 3.8) is 0 Å². The van der Waals surface area contributed by atoms with E-state index in [1.807, 2.05) is 12.1 Å². The number of benzene rings is 1. The van der Waals surface area contributed by atoms with Crippen LogP contribution in [0.5, 0.6) is 5.75 Å². The number of aromatic nitrogens is 1. The molecule has 2 rings (SSSR count). The summed E-state index contributed by atoms with van der Waals surface area (Å²) in [5, 5.41) is 0. The molecule has 1 aromatic heterocycles. The van der Waals surface area contributed by atoms with Gasteiger partial charge >= 0.3 is 0 Å². The third-order valence-corrected chi connectivity index (χ3v) is 3.11. The highest BCUT2D eigenvalue weighted by Gasteiger charge is 2.03. The molecule has 106 valence electrons. The summed E-state index contributed by atoms with van der Waals surface area (Å²) in [5.41, 5.74) is 7.77. The first-order valence-electron chi connectivity index (χ1n) is 6.75. The summed E-state index contributed by atoms with van der Waals surface area (Å²) in [4.78, 5) is 4.33. The fourth-order valence-corrected chi connectivity index (χ4v) is 1.78. The molecule has 1 aromatic carbocycles. The summed E-state index contributed by atoms with van der Waals surface area (Å²) in [6, 6.07) is 10.2. The molecule has 20 heavy (non-hydrogen) atoms. The predicted octanol–water partition coefficient (Wildman–Crippen LogP) is 3.08. The van der Waals surface area contributed by atoms with Crippen molar-refractivity contribution in [1.82, 2.24) is 4.98 Å². The van der Waals surface area contributed by atoms with E-state index in [-0.39, 0.29) is 11.9 Å². The number of rotatable bonds is 6. The van der Waals surface area contributed by atoms with E-state index in [0.717, 1.165) is 24.1 Å². The Morgan fingerprint density at radius 3 is 2.55 bits per heavy atom. The molecule has 4 heteroatoms. The summed E-state index contributed by atoms with van der Waals surface area (Å²) in [7, 11) is 0. The lowest BCUT2D eigenvalue weighted by molar-refractivity contribution is 0.304. The van der Waals surface area contributed by atoms with Gasteiger partial charge in [0.05, 0.1) is 6.20 Å². The highest BCUT2D eigenvalue weighted by molar-refractivity contribution is 5.22. The molecule has 0 radical (unpaired) electrons. The maximum absolute atomic E-state index is 12.8. The van der Waals surface area contributed by atoms with Gasteiger partial charge in [0.1, 0.15) is 18.2 Å². The Hall–Kier alpha value is -1.94. The molecule has 0 amide bonds. The third kappa shape index (κ3) is 4.31. The van der Waals surface area contributed by atoms with Crippen LogP contribution in [-0.4, -0.2) is 11.0 Å². The van der Waals surface area contributed by atoms with Gasteiger partial charge in [0.25, 0.3) is 0 Å². The topological polar surface area (TPSA) is 48.1 Å². The molecule has 0 spiro atoms. The van der Waals surface area contributed by atoms with Crippen molar-refractivity contribution >= 4 is 0 Å². The van der Waals surface area contributed by atoms with E-state index in [9.17, 15) is 4.39 Å². The fraction of sp³-hybridized carbons (Fsp3) is 0.312. The first-order chi connectivity index (χ1) is 9.67. The summed E-state index contributed by atoms with van der Waals surface area (Å²) >= 11 is 0. The summed E-state index contributed by atoms with van der Waals surface area (Å²) in [6.07, 6.45) is 3.40. The van der Waals surface area contributed by atoms with E-state index in [0.29, 0.717) is 12.4 Å². The number of nitrogens with two attached hydrogens (primary N) is 1. The maximum atomic E-state index is 12.8. The quantitative estimate of drug-likeness (QED) is 0.880. The van der Waals surface area contributed by atoms with Gasteiger partial charge < -0.3 is 10.5 Å². The number of pyridine rings is 1. The second kappa shape index (κ2) is 7.01. The molecule has 0 bridgehead atoms. The first-order valence-corrected chi connectivity index (χ1v) is 6.75. The van der Waals surface area contributed by atoms with Crippen molar-refractivity contribution in [2.75, 3.05) is 0 Å². The van der Waals surface area contributed by atoms with Gasteiger partial charge in [-0.2, -0.15) is 0 Å². The highest BCUT2D eigenvalue weighted by Crippen LogP contribution is 2.13. The van der Waals surface area contributed by atoms with Gasteiger partial charge in [-0.3, -0.25) is 4.98 Å². The van der Waals surface area contributed by atoms with E-state index in [4.69, 9.17) is 10.5 Å². The normalized spacial score (nSPS) is 12.2. The van der Waals surface area contributed by atoms with Crippen molar-refractivity contribution < 1.29 is 9.13 Å². The van der Waals surface area contributed by atoms with E-state index in [1.54, 1.807) is 18.3 Å². The van der Waals surface area contributed by atoms with Gasteiger partial charge in [0.15, 0.2) is 0 Å². The van der Waals surface area contributed by atoms with Crippen LogP contribution in [0.2, 0.25) is 0 Å². The molecule has 0 fully saturated rings. The summed E-state index contributed by atoms with van der Waals surface area (Å²) in [6.45, 7) is 2.46. The summed E-state index contributed by atoms with van der Waals surface area (Å²) < 4.78 is 18.4. The van der Waals surface area contributed by atoms with Gasteiger partial charge in [0, 0.05) is 18.2 Å². The lowest BCUT2D eigenvalue weighted by Gasteiger charge is -2.09. The Kier molecular flexibility index (Phi) is 5.07. The van der Waals surface area contributed by atoms with Gasteiger partial charge in [-0.15, -0.1) is 0 Å². The zero-order valence-corrected chi connectivity index (χ0v) is 11.6.